The van der Waals surface area contributed by atoms with Crippen LogP contribution in [0.15, 0.2) is 15.7 Å². The summed E-state index contributed by atoms with van der Waals surface area (Å²) >= 11 is 0. The fourth-order valence-electron chi connectivity index (χ4n) is 1.81. The second-order valence-corrected chi connectivity index (χ2v) is 4.87. The Balaban J connectivity index is 2.33. The predicted molar refractivity (Wildman–Crippen MR) is 79.0 cm³/mol. The first-order chi connectivity index (χ1) is 9.57. The van der Waals surface area contributed by atoms with Gasteiger partial charge in [-0.2, -0.15) is 0 Å². The fraction of sp³-hybridized carbons (Fsp3) is 0.714. The summed E-state index contributed by atoms with van der Waals surface area (Å²) < 4.78 is 8.05. The summed E-state index contributed by atoms with van der Waals surface area (Å²) in [4.78, 5) is 23.3. The van der Waals surface area contributed by atoms with Crippen LogP contribution in [-0.2, 0) is 25.4 Å². The van der Waals surface area contributed by atoms with Crippen molar-refractivity contribution in [1.29, 1.82) is 0 Å². The van der Waals surface area contributed by atoms with Gasteiger partial charge in [-0.25, -0.2) is 4.79 Å². The molecule has 20 heavy (non-hydrogen) atoms. The van der Waals surface area contributed by atoms with Gasteiger partial charge in [-0.1, -0.05) is 13.3 Å². The first kappa shape index (κ1) is 16.7. The second kappa shape index (κ2) is 8.71. The van der Waals surface area contributed by atoms with E-state index in [0.717, 1.165) is 43.6 Å². The molecule has 0 saturated carbocycles. The molecule has 0 amide bonds. The molecule has 0 atom stereocenters. The van der Waals surface area contributed by atoms with Crippen molar-refractivity contribution in [2.45, 2.75) is 32.7 Å². The van der Waals surface area contributed by atoms with Crippen LogP contribution in [0.25, 0.3) is 0 Å². The Morgan fingerprint density at radius 1 is 1.15 bits per heavy atom. The fourth-order valence-corrected chi connectivity index (χ4v) is 1.81. The summed E-state index contributed by atoms with van der Waals surface area (Å²) in [6, 6.07) is 1.49. The molecule has 0 aromatic carbocycles. The van der Waals surface area contributed by atoms with Crippen molar-refractivity contribution >= 4 is 0 Å². The highest BCUT2D eigenvalue weighted by molar-refractivity contribution is 5.01. The number of nitrogens with zero attached hydrogens (tertiary/aromatic N) is 2. The van der Waals surface area contributed by atoms with Crippen LogP contribution in [0.5, 0.6) is 0 Å². The highest BCUT2D eigenvalue weighted by Crippen LogP contribution is 1.92. The molecule has 0 aliphatic rings. The van der Waals surface area contributed by atoms with E-state index >= 15 is 0 Å². The van der Waals surface area contributed by atoms with E-state index in [1.807, 2.05) is 0 Å². The van der Waals surface area contributed by atoms with E-state index in [9.17, 15) is 9.59 Å². The molecule has 6 heteroatoms. The molecular formula is C14H25N3O3. The maximum absolute atomic E-state index is 11.7. The lowest BCUT2D eigenvalue weighted by molar-refractivity contribution is 0.128. The van der Waals surface area contributed by atoms with Gasteiger partial charge in [-0.05, 0) is 19.4 Å². The van der Waals surface area contributed by atoms with E-state index in [-0.39, 0.29) is 11.2 Å². The lowest BCUT2D eigenvalue weighted by atomic mass is 10.3. The predicted octanol–water partition coefficient (Wildman–Crippen LogP) is 0.380. The van der Waals surface area contributed by atoms with Crippen LogP contribution in [0, 0.1) is 0 Å². The molecule has 0 aliphatic heterocycles. The third kappa shape index (κ3) is 4.94. The van der Waals surface area contributed by atoms with Crippen molar-refractivity contribution in [2.24, 2.45) is 14.1 Å². The van der Waals surface area contributed by atoms with Crippen LogP contribution in [0.1, 0.15) is 31.9 Å². The molecule has 114 valence electrons. The van der Waals surface area contributed by atoms with Crippen molar-refractivity contribution < 1.29 is 4.74 Å². The first-order valence-corrected chi connectivity index (χ1v) is 7.12. The topological polar surface area (TPSA) is 65.3 Å². The summed E-state index contributed by atoms with van der Waals surface area (Å²) in [5.74, 6) is 0. The Kier molecular flexibility index (Phi) is 7.25. The molecule has 1 rings (SSSR count). The van der Waals surface area contributed by atoms with Gasteiger partial charge in [-0.15, -0.1) is 0 Å². The van der Waals surface area contributed by atoms with Gasteiger partial charge in [0.1, 0.15) is 0 Å². The zero-order valence-electron chi connectivity index (χ0n) is 12.6. The lowest BCUT2D eigenvalue weighted by Gasteiger charge is -2.10. The van der Waals surface area contributed by atoms with E-state index in [1.54, 1.807) is 7.05 Å². The molecule has 0 bridgehead atoms. The minimum absolute atomic E-state index is 0.271. The average Bonchev–Trinajstić information content (AvgIpc) is 2.44. The number of ether oxygens (including phenoxy) is 1. The van der Waals surface area contributed by atoms with E-state index in [1.165, 1.54) is 17.7 Å². The lowest BCUT2D eigenvalue weighted by Crippen LogP contribution is -2.39. The van der Waals surface area contributed by atoms with E-state index in [2.05, 4.69) is 12.2 Å². The van der Waals surface area contributed by atoms with E-state index < -0.39 is 0 Å². The summed E-state index contributed by atoms with van der Waals surface area (Å²) in [5, 5.41) is 3.22. The minimum Gasteiger partial charge on any atom is -0.381 e. The van der Waals surface area contributed by atoms with Crippen LogP contribution >= 0.6 is 0 Å². The van der Waals surface area contributed by atoms with Gasteiger partial charge in [0.25, 0.3) is 5.56 Å². The van der Waals surface area contributed by atoms with Crippen LogP contribution < -0.4 is 16.6 Å². The number of hydrogen-bond acceptors (Lipinski definition) is 4. The third-order valence-electron chi connectivity index (χ3n) is 3.22. The maximum Gasteiger partial charge on any atom is 0.330 e. The quantitative estimate of drug-likeness (QED) is 0.666. The van der Waals surface area contributed by atoms with Gasteiger partial charge in [0.2, 0.25) is 0 Å². The molecule has 0 saturated heterocycles. The molecule has 0 radical (unpaired) electrons. The number of nitrogens with one attached hydrogen (secondary N) is 1. The van der Waals surface area contributed by atoms with Gasteiger partial charge >= 0.3 is 5.69 Å². The van der Waals surface area contributed by atoms with Crippen molar-refractivity contribution in [1.82, 2.24) is 14.5 Å². The first-order valence-electron chi connectivity index (χ1n) is 7.12. The molecule has 1 aromatic rings. The molecule has 0 unspecified atom stereocenters. The smallest absolute Gasteiger partial charge is 0.330 e. The zero-order valence-corrected chi connectivity index (χ0v) is 12.6. The molecule has 0 spiro atoms. The van der Waals surface area contributed by atoms with Gasteiger partial charge in [0, 0.05) is 45.6 Å². The SMILES string of the molecule is CCCCOCCCNCc1cc(=O)n(C)c(=O)n1C. The third-order valence-corrected chi connectivity index (χ3v) is 3.22. The Hall–Kier alpha value is -1.40. The number of hydrogen-bond donors (Lipinski definition) is 1. The highest BCUT2D eigenvalue weighted by atomic mass is 16.5. The van der Waals surface area contributed by atoms with Crippen molar-refractivity contribution in [3.8, 4) is 0 Å². The summed E-state index contributed by atoms with van der Waals surface area (Å²) in [7, 11) is 3.15. The van der Waals surface area contributed by atoms with Gasteiger partial charge in [0.15, 0.2) is 0 Å². The number of unbranched alkanes of at least 4 members (excludes halogenated alkanes) is 1. The minimum atomic E-state index is -0.294. The van der Waals surface area contributed by atoms with E-state index in [0.29, 0.717) is 12.2 Å². The molecule has 1 N–H and O–H groups in total. The standard InChI is InChI=1S/C14H25N3O3/c1-4-5-8-20-9-6-7-15-11-12-10-13(18)17(3)14(19)16(12)2/h10,15H,4-9,11H2,1-3H3. The van der Waals surface area contributed by atoms with Crippen LogP contribution in [0.2, 0.25) is 0 Å². The van der Waals surface area contributed by atoms with Crippen molar-refractivity contribution in [3.05, 3.63) is 32.6 Å². The molecule has 1 heterocycles. The monoisotopic (exact) mass is 283 g/mol. The highest BCUT2D eigenvalue weighted by Gasteiger charge is 2.04. The van der Waals surface area contributed by atoms with E-state index in [4.69, 9.17) is 4.74 Å². The van der Waals surface area contributed by atoms with Gasteiger partial charge in [-0.3, -0.25) is 13.9 Å². The normalized spacial score (nSPS) is 10.9. The maximum atomic E-state index is 11.7. The van der Waals surface area contributed by atoms with Crippen LogP contribution in [0.3, 0.4) is 0 Å². The summed E-state index contributed by atoms with van der Waals surface area (Å²) in [5.41, 5.74) is 0.134. The Labute approximate surface area is 119 Å². The molecule has 6 nitrogen and oxygen atoms in total. The molecule has 0 aliphatic carbocycles. The number of rotatable bonds is 9. The van der Waals surface area contributed by atoms with Gasteiger partial charge in [0.05, 0.1) is 0 Å². The summed E-state index contributed by atoms with van der Waals surface area (Å²) in [6.07, 6.45) is 3.17. The Morgan fingerprint density at radius 3 is 2.55 bits per heavy atom. The number of aromatic nitrogens is 2. The second-order valence-electron chi connectivity index (χ2n) is 4.87. The summed E-state index contributed by atoms with van der Waals surface area (Å²) in [6.45, 7) is 5.01. The largest absolute Gasteiger partial charge is 0.381 e. The molecule has 0 fully saturated rings. The molecule has 1 aromatic heterocycles. The Morgan fingerprint density at radius 2 is 1.85 bits per heavy atom. The Bertz CT molecular complexity index is 519. The molecular weight excluding hydrogens is 258 g/mol. The van der Waals surface area contributed by atoms with Crippen LogP contribution in [-0.4, -0.2) is 28.9 Å². The average molecular weight is 283 g/mol. The van der Waals surface area contributed by atoms with Gasteiger partial charge < -0.3 is 10.1 Å². The van der Waals surface area contributed by atoms with Crippen molar-refractivity contribution in [2.75, 3.05) is 19.8 Å². The van der Waals surface area contributed by atoms with Crippen LogP contribution in [0.4, 0.5) is 0 Å². The van der Waals surface area contributed by atoms with Crippen molar-refractivity contribution in [3.63, 3.8) is 0 Å². The zero-order chi connectivity index (χ0) is 15.0.